The molecule has 0 heterocycles. The normalized spacial score (nSPS) is 11.9. The summed E-state index contributed by atoms with van der Waals surface area (Å²) in [7, 11) is 0. The maximum absolute atomic E-state index is 6.45. The van der Waals surface area contributed by atoms with Gasteiger partial charge in [-0.3, -0.25) is 0 Å². The molecule has 35 heavy (non-hydrogen) atoms. The Kier molecular flexibility index (Phi) is 10.5. The van der Waals surface area contributed by atoms with Gasteiger partial charge in [0.2, 0.25) is 0 Å². The third kappa shape index (κ3) is 7.49. The standard InChI is InChI=1S/C30H41ClO4/c1-6-14-32-16-8-18-34-28-25-13-11-23(31)21-27(25)29(35-19-9-17-33-15-7-2)24-12-10-22(20-26(24)28)30(3,4)5/h10-13,20-21H,6-9,14-19H2,1-5H3. The van der Waals surface area contributed by atoms with Gasteiger partial charge in [0.1, 0.15) is 11.5 Å². The number of hydrogen-bond acceptors (Lipinski definition) is 4. The molecular weight excluding hydrogens is 460 g/mol. The van der Waals surface area contributed by atoms with Crippen molar-refractivity contribution in [3.05, 3.63) is 47.0 Å². The van der Waals surface area contributed by atoms with Crippen LogP contribution in [0.25, 0.3) is 21.5 Å². The number of ether oxygens (including phenoxy) is 4. The lowest BCUT2D eigenvalue weighted by molar-refractivity contribution is 0.120. The summed E-state index contributed by atoms with van der Waals surface area (Å²) < 4.78 is 24.1. The average molecular weight is 501 g/mol. The summed E-state index contributed by atoms with van der Waals surface area (Å²) in [4.78, 5) is 0. The van der Waals surface area contributed by atoms with Crippen LogP contribution < -0.4 is 9.47 Å². The minimum atomic E-state index is 0.0199. The molecular formula is C30H41ClO4. The van der Waals surface area contributed by atoms with Crippen LogP contribution in [0.4, 0.5) is 0 Å². The van der Waals surface area contributed by atoms with Crippen molar-refractivity contribution in [3.8, 4) is 11.5 Å². The van der Waals surface area contributed by atoms with E-state index in [0.29, 0.717) is 31.5 Å². The van der Waals surface area contributed by atoms with Crippen LogP contribution in [0.1, 0.15) is 65.9 Å². The molecule has 192 valence electrons. The van der Waals surface area contributed by atoms with Gasteiger partial charge in [0.25, 0.3) is 0 Å². The van der Waals surface area contributed by atoms with Crippen LogP contribution in [0.3, 0.4) is 0 Å². The molecule has 3 aromatic carbocycles. The van der Waals surface area contributed by atoms with Gasteiger partial charge >= 0.3 is 0 Å². The molecule has 0 saturated carbocycles. The van der Waals surface area contributed by atoms with Crippen molar-refractivity contribution in [2.75, 3.05) is 39.6 Å². The van der Waals surface area contributed by atoms with E-state index in [1.807, 2.05) is 18.2 Å². The summed E-state index contributed by atoms with van der Waals surface area (Å²) in [6, 6.07) is 12.6. The summed E-state index contributed by atoms with van der Waals surface area (Å²) in [6.07, 6.45) is 3.72. The lowest BCUT2D eigenvalue weighted by atomic mass is 9.85. The monoisotopic (exact) mass is 500 g/mol. The predicted molar refractivity (Wildman–Crippen MR) is 148 cm³/mol. The fraction of sp³-hybridized carbons (Fsp3) is 0.533. The molecule has 0 fully saturated rings. The fourth-order valence-electron chi connectivity index (χ4n) is 4.06. The van der Waals surface area contributed by atoms with Crippen molar-refractivity contribution in [2.24, 2.45) is 0 Å². The molecule has 0 radical (unpaired) electrons. The van der Waals surface area contributed by atoms with E-state index < -0.39 is 0 Å². The molecule has 3 aromatic rings. The quantitative estimate of drug-likeness (QED) is 0.164. The van der Waals surface area contributed by atoms with Crippen molar-refractivity contribution in [1.82, 2.24) is 0 Å². The highest BCUT2D eigenvalue weighted by atomic mass is 35.5. The maximum atomic E-state index is 6.45. The van der Waals surface area contributed by atoms with Crippen LogP contribution in [0.5, 0.6) is 11.5 Å². The van der Waals surface area contributed by atoms with Gasteiger partial charge in [0, 0.05) is 65.8 Å². The minimum absolute atomic E-state index is 0.0199. The highest BCUT2D eigenvalue weighted by Crippen LogP contribution is 2.45. The highest BCUT2D eigenvalue weighted by Gasteiger charge is 2.20. The predicted octanol–water partition coefficient (Wildman–Crippen LogP) is 8.33. The highest BCUT2D eigenvalue weighted by molar-refractivity contribution is 6.31. The Morgan fingerprint density at radius 3 is 1.66 bits per heavy atom. The van der Waals surface area contributed by atoms with Crippen molar-refractivity contribution in [2.45, 2.75) is 65.7 Å². The molecule has 0 spiro atoms. The second kappa shape index (κ2) is 13.3. The fourth-order valence-corrected chi connectivity index (χ4v) is 4.24. The largest absolute Gasteiger partial charge is 0.492 e. The summed E-state index contributed by atoms with van der Waals surface area (Å²) in [6.45, 7) is 15.1. The van der Waals surface area contributed by atoms with E-state index in [-0.39, 0.29) is 5.41 Å². The molecule has 0 aromatic heterocycles. The molecule has 0 bridgehead atoms. The van der Waals surface area contributed by atoms with Gasteiger partial charge in [0.05, 0.1) is 13.2 Å². The zero-order chi connectivity index (χ0) is 25.3. The Labute approximate surface area is 215 Å². The molecule has 0 aliphatic heterocycles. The van der Waals surface area contributed by atoms with Gasteiger partial charge in [-0.1, -0.05) is 58.4 Å². The number of rotatable bonds is 14. The lowest BCUT2D eigenvalue weighted by Crippen LogP contribution is -2.11. The smallest absolute Gasteiger partial charge is 0.135 e. The van der Waals surface area contributed by atoms with Crippen LogP contribution in [0, 0.1) is 0 Å². The Bertz CT molecular complexity index is 1090. The zero-order valence-corrected chi connectivity index (χ0v) is 22.8. The van der Waals surface area contributed by atoms with Gasteiger partial charge in [-0.25, -0.2) is 0 Å². The Balaban J connectivity index is 2.02. The SMILES string of the molecule is CCCOCCCOc1c2ccc(C(C)(C)C)cc2c(OCCCOCCC)c2ccc(Cl)cc12. The molecule has 5 heteroatoms. The number of halogens is 1. The van der Waals surface area contributed by atoms with E-state index in [2.05, 4.69) is 52.8 Å². The van der Waals surface area contributed by atoms with Crippen molar-refractivity contribution in [3.63, 3.8) is 0 Å². The first kappa shape index (κ1) is 27.6. The van der Waals surface area contributed by atoms with Gasteiger partial charge in [0.15, 0.2) is 0 Å². The number of fused-ring (bicyclic) bond motifs is 2. The molecule has 0 N–H and O–H groups in total. The van der Waals surface area contributed by atoms with E-state index in [4.69, 9.17) is 30.5 Å². The van der Waals surface area contributed by atoms with Gasteiger partial charge < -0.3 is 18.9 Å². The van der Waals surface area contributed by atoms with Gasteiger partial charge in [-0.05, 0) is 48.1 Å². The third-order valence-corrected chi connectivity index (χ3v) is 6.14. The molecule has 0 atom stereocenters. The summed E-state index contributed by atoms with van der Waals surface area (Å²) in [5, 5.41) is 4.77. The molecule has 0 aliphatic carbocycles. The first-order valence-electron chi connectivity index (χ1n) is 13.0. The average Bonchev–Trinajstić information content (AvgIpc) is 2.83. The zero-order valence-electron chi connectivity index (χ0n) is 22.0. The molecule has 4 nitrogen and oxygen atoms in total. The van der Waals surface area contributed by atoms with Crippen molar-refractivity contribution >= 4 is 33.1 Å². The van der Waals surface area contributed by atoms with Crippen LogP contribution in [0.15, 0.2) is 36.4 Å². The number of benzene rings is 3. The summed E-state index contributed by atoms with van der Waals surface area (Å²) in [5.41, 5.74) is 1.28. The molecule has 3 rings (SSSR count). The number of hydrogen-bond donors (Lipinski definition) is 0. The minimum Gasteiger partial charge on any atom is -0.492 e. The summed E-state index contributed by atoms with van der Waals surface area (Å²) >= 11 is 6.44. The maximum Gasteiger partial charge on any atom is 0.135 e. The molecule has 0 unspecified atom stereocenters. The van der Waals surface area contributed by atoms with E-state index in [9.17, 15) is 0 Å². The van der Waals surface area contributed by atoms with Crippen molar-refractivity contribution < 1.29 is 18.9 Å². The lowest BCUT2D eigenvalue weighted by Gasteiger charge is -2.23. The van der Waals surface area contributed by atoms with Crippen LogP contribution in [-0.4, -0.2) is 39.6 Å². The van der Waals surface area contributed by atoms with Crippen LogP contribution in [0.2, 0.25) is 5.02 Å². The van der Waals surface area contributed by atoms with E-state index in [1.165, 1.54) is 5.56 Å². The Morgan fingerprint density at radius 2 is 1.14 bits per heavy atom. The van der Waals surface area contributed by atoms with Gasteiger partial charge in [-0.2, -0.15) is 0 Å². The van der Waals surface area contributed by atoms with Crippen LogP contribution in [-0.2, 0) is 14.9 Å². The molecule has 0 saturated heterocycles. The Morgan fingerprint density at radius 1 is 0.629 bits per heavy atom. The Hall–Kier alpha value is -2.01. The molecule has 0 amide bonds. The van der Waals surface area contributed by atoms with Crippen molar-refractivity contribution in [1.29, 1.82) is 0 Å². The molecule has 0 aliphatic rings. The second-order valence-electron chi connectivity index (χ2n) is 9.99. The van der Waals surface area contributed by atoms with E-state index >= 15 is 0 Å². The van der Waals surface area contributed by atoms with E-state index in [1.54, 1.807) is 0 Å². The van der Waals surface area contributed by atoms with E-state index in [0.717, 1.165) is 71.9 Å². The second-order valence-corrected chi connectivity index (χ2v) is 10.4. The first-order chi connectivity index (χ1) is 16.9. The van der Waals surface area contributed by atoms with Gasteiger partial charge in [-0.15, -0.1) is 0 Å². The van der Waals surface area contributed by atoms with Crippen LogP contribution >= 0.6 is 11.6 Å². The summed E-state index contributed by atoms with van der Waals surface area (Å²) in [5.74, 6) is 1.74. The third-order valence-electron chi connectivity index (χ3n) is 5.90. The topological polar surface area (TPSA) is 36.9 Å². The first-order valence-corrected chi connectivity index (χ1v) is 13.3.